The fourth-order valence-corrected chi connectivity index (χ4v) is 3.55. The monoisotopic (exact) mass is 414 g/mol. The van der Waals surface area contributed by atoms with E-state index in [9.17, 15) is 9.59 Å². The smallest absolute Gasteiger partial charge is 0.314 e. The maximum absolute atomic E-state index is 12.4. The number of hydrogen-bond donors (Lipinski definition) is 0. The molecule has 160 valence electrons. The van der Waals surface area contributed by atoms with Crippen molar-refractivity contribution in [2.75, 3.05) is 27.4 Å². The molecule has 0 N–H and O–H groups in total. The standard InChI is InChI=1S/C24H28O6/c1-6-29-23(26)24(2,3)14-30-21-18(11-13-20(27-4)22(21)28-5)15-8-7-9-17-16(15)10-12-19(17)25/h7-9,11,13H,6,10,12,14H2,1-5H3/i5D2. The quantitative estimate of drug-likeness (QED) is 0.594. The molecule has 0 heterocycles. The van der Waals surface area contributed by atoms with Gasteiger partial charge in [-0.05, 0) is 50.5 Å². The van der Waals surface area contributed by atoms with Crippen molar-refractivity contribution < 1.29 is 31.3 Å². The number of carbonyl (C=O) groups excluding carboxylic acids is 2. The minimum absolute atomic E-state index is 0.0308. The van der Waals surface area contributed by atoms with Gasteiger partial charge in [0.15, 0.2) is 17.3 Å². The van der Waals surface area contributed by atoms with E-state index >= 15 is 0 Å². The Morgan fingerprint density at radius 3 is 2.53 bits per heavy atom. The van der Waals surface area contributed by atoms with Crippen molar-refractivity contribution in [1.82, 2.24) is 0 Å². The molecule has 6 heteroatoms. The highest BCUT2D eigenvalue weighted by molar-refractivity contribution is 6.02. The lowest BCUT2D eigenvalue weighted by molar-refractivity contribution is -0.155. The second-order valence-corrected chi connectivity index (χ2v) is 7.74. The SMILES string of the molecule is [2H]C([2H])Oc1c(OC)ccc(-c2cccc3c2CCC3=O)c1OCC(C)(C)C(=O)OCC. The molecule has 0 amide bonds. The molecule has 3 rings (SSSR count). The zero-order valence-electron chi connectivity index (χ0n) is 19.7. The summed E-state index contributed by atoms with van der Waals surface area (Å²) < 4.78 is 37.3. The largest absolute Gasteiger partial charge is 0.493 e. The van der Waals surface area contributed by atoms with Gasteiger partial charge in [-0.2, -0.15) is 0 Å². The Bertz CT molecular complexity index is 1020. The molecule has 0 radical (unpaired) electrons. The van der Waals surface area contributed by atoms with Crippen molar-refractivity contribution in [2.24, 2.45) is 5.41 Å². The predicted octanol–water partition coefficient (Wildman–Crippen LogP) is 4.47. The van der Waals surface area contributed by atoms with Crippen molar-refractivity contribution >= 4 is 11.8 Å². The molecular weight excluding hydrogens is 384 g/mol. The van der Waals surface area contributed by atoms with Crippen LogP contribution in [-0.4, -0.2) is 39.1 Å². The van der Waals surface area contributed by atoms with Crippen LogP contribution in [0.15, 0.2) is 30.3 Å². The third-order valence-electron chi connectivity index (χ3n) is 5.19. The first-order valence-electron chi connectivity index (χ1n) is 11.0. The summed E-state index contributed by atoms with van der Waals surface area (Å²) in [6.07, 6.45) is 1.05. The molecule has 0 bridgehead atoms. The van der Waals surface area contributed by atoms with Crippen molar-refractivity contribution in [3.05, 3.63) is 41.5 Å². The molecule has 1 aliphatic rings. The number of methoxy groups -OCH3 is 2. The van der Waals surface area contributed by atoms with Gasteiger partial charge >= 0.3 is 5.97 Å². The number of ketones is 1. The van der Waals surface area contributed by atoms with Crippen LogP contribution in [-0.2, 0) is 16.0 Å². The highest BCUT2D eigenvalue weighted by atomic mass is 16.5. The molecule has 0 saturated carbocycles. The summed E-state index contributed by atoms with van der Waals surface area (Å²) >= 11 is 0. The van der Waals surface area contributed by atoms with Gasteiger partial charge in [0.1, 0.15) is 6.61 Å². The predicted molar refractivity (Wildman–Crippen MR) is 114 cm³/mol. The van der Waals surface area contributed by atoms with E-state index in [0.29, 0.717) is 29.7 Å². The Balaban J connectivity index is 2.12. The minimum Gasteiger partial charge on any atom is -0.493 e. The van der Waals surface area contributed by atoms with Gasteiger partial charge in [0.05, 0.1) is 28.9 Å². The van der Waals surface area contributed by atoms with Crippen LogP contribution in [0.25, 0.3) is 11.1 Å². The minimum atomic E-state index is -1.62. The Labute approximate surface area is 179 Å². The number of carbonyl (C=O) groups is 2. The molecular formula is C24H28O6. The van der Waals surface area contributed by atoms with Crippen molar-refractivity contribution in [2.45, 2.75) is 33.6 Å². The number of esters is 1. The van der Waals surface area contributed by atoms with E-state index in [-0.39, 0.29) is 30.5 Å². The van der Waals surface area contributed by atoms with E-state index in [1.54, 1.807) is 32.9 Å². The third-order valence-corrected chi connectivity index (χ3v) is 5.19. The average Bonchev–Trinajstić information content (AvgIpc) is 3.13. The maximum atomic E-state index is 12.4. The lowest BCUT2D eigenvalue weighted by Gasteiger charge is -2.25. The lowest BCUT2D eigenvalue weighted by Crippen LogP contribution is -2.33. The molecule has 0 aromatic heterocycles. The van der Waals surface area contributed by atoms with Gasteiger partial charge in [0.25, 0.3) is 0 Å². The molecule has 0 saturated heterocycles. The van der Waals surface area contributed by atoms with Crippen LogP contribution in [0.5, 0.6) is 17.2 Å². The highest BCUT2D eigenvalue weighted by Gasteiger charge is 2.32. The van der Waals surface area contributed by atoms with Gasteiger partial charge < -0.3 is 18.9 Å². The zero-order valence-corrected chi connectivity index (χ0v) is 17.7. The van der Waals surface area contributed by atoms with E-state index in [1.165, 1.54) is 7.11 Å². The van der Waals surface area contributed by atoms with Gasteiger partial charge in [0.2, 0.25) is 5.75 Å². The molecule has 1 aliphatic carbocycles. The first-order chi connectivity index (χ1) is 15.2. The van der Waals surface area contributed by atoms with Gasteiger partial charge in [-0.15, -0.1) is 0 Å². The second-order valence-electron chi connectivity index (χ2n) is 7.74. The van der Waals surface area contributed by atoms with Gasteiger partial charge in [0, 0.05) is 17.5 Å². The summed E-state index contributed by atoms with van der Waals surface area (Å²) in [5.74, 6) is 0.332. The summed E-state index contributed by atoms with van der Waals surface area (Å²) in [5.41, 5.74) is 2.07. The maximum Gasteiger partial charge on any atom is 0.314 e. The van der Waals surface area contributed by atoms with Gasteiger partial charge in [-0.25, -0.2) is 0 Å². The Morgan fingerprint density at radius 1 is 1.07 bits per heavy atom. The summed E-state index contributed by atoms with van der Waals surface area (Å²) in [4.78, 5) is 24.6. The number of ether oxygens (including phenoxy) is 4. The molecule has 2 aromatic carbocycles. The average molecular weight is 414 g/mol. The van der Waals surface area contributed by atoms with Crippen LogP contribution in [0.3, 0.4) is 0 Å². The van der Waals surface area contributed by atoms with E-state index in [1.807, 2.05) is 18.2 Å². The van der Waals surface area contributed by atoms with Crippen LogP contribution in [0, 0.1) is 5.41 Å². The number of fused-ring (bicyclic) bond motifs is 1. The number of hydrogen-bond acceptors (Lipinski definition) is 6. The molecule has 0 fully saturated rings. The van der Waals surface area contributed by atoms with E-state index in [4.69, 9.17) is 21.7 Å². The van der Waals surface area contributed by atoms with E-state index in [2.05, 4.69) is 0 Å². The Hall–Kier alpha value is -3.02. The van der Waals surface area contributed by atoms with Gasteiger partial charge in [-0.1, -0.05) is 18.2 Å². The summed E-state index contributed by atoms with van der Waals surface area (Å²) in [5, 5.41) is 0. The highest BCUT2D eigenvalue weighted by Crippen LogP contribution is 2.47. The molecule has 0 unspecified atom stereocenters. The number of Topliss-reactive ketones (excluding diaryl/α,β-unsaturated/α-hetero) is 1. The lowest BCUT2D eigenvalue weighted by atomic mass is 9.94. The second kappa shape index (κ2) is 8.78. The van der Waals surface area contributed by atoms with Crippen LogP contribution in [0.4, 0.5) is 0 Å². The normalized spacial score (nSPS) is 14.1. The fourth-order valence-electron chi connectivity index (χ4n) is 3.55. The zero-order chi connectivity index (χ0) is 23.5. The molecule has 30 heavy (non-hydrogen) atoms. The Kier molecular flexibility index (Phi) is 5.55. The fraction of sp³-hybridized carbons (Fsp3) is 0.417. The van der Waals surface area contributed by atoms with Crippen LogP contribution in [0.1, 0.15) is 45.9 Å². The molecule has 0 spiro atoms. The molecule has 6 nitrogen and oxygen atoms in total. The first-order valence-corrected chi connectivity index (χ1v) is 9.87. The number of rotatable bonds is 8. The van der Waals surface area contributed by atoms with E-state index in [0.717, 1.165) is 11.1 Å². The van der Waals surface area contributed by atoms with Crippen molar-refractivity contribution in [1.29, 1.82) is 0 Å². The van der Waals surface area contributed by atoms with Crippen molar-refractivity contribution in [3.8, 4) is 28.4 Å². The van der Waals surface area contributed by atoms with Crippen molar-refractivity contribution in [3.63, 3.8) is 0 Å². The van der Waals surface area contributed by atoms with Crippen LogP contribution >= 0.6 is 0 Å². The Morgan fingerprint density at radius 2 is 1.83 bits per heavy atom. The van der Waals surface area contributed by atoms with Crippen LogP contribution in [0.2, 0.25) is 0 Å². The van der Waals surface area contributed by atoms with Gasteiger partial charge in [-0.3, -0.25) is 9.59 Å². The molecule has 0 aliphatic heterocycles. The summed E-state index contributed by atoms with van der Waals surface area (Å²) in [7, 11) is -0.168. The summed E-state index contributed by atoms with van der Waals surface area (Å²) in [6.45, 7) is 5.38. The molecule has 2 aromatic rings. The first kappa shape index (κ1) is 19.0. The number of benzene rings is 2. The third kappa shape index (κ3) is 3.99. The van der Waals surface area contributed by atoms with E-state index < -0.39 is 18.4 Å². The van der Waals surface area contributed by atoms with Crippen LogP contribution < -0.4 is 14.2 Å². The topological polar surface area (TPSA) is 71.1 Å². The molecule has 0 atom stereocenters. The summed E-state index contributed by atoms with van der Waals surface area (Å²) in [6, 6.07) is 8.98.